The molecule has 0 bridgehead atoms. The average molecular weight is 1930 g/mol. The lowest BCUT2D eigenvalue weighted by Gasteiger charge is -2.46. The molecule has 6 fully saturated rings. The van der Waals surface area contributed by atoms with Crippen LogP contribution < -0.4 is 37.2 Å². The first-order chi connectivity index (χ1) is 63.4. The minimum atomic E-state index is -1.97. The highest BCUT2D eigenvalue weighted by molar-refractivity contribution is 5.87. The Labute approximate surface area is 771 Å². The van der Waals surface area contributed by atoms with Gasteiger partial charge in [0, 0.05) is 103 Å². The minimum absolute atomic E-state index is 0.00659. The van der Waals surface area contributed by atoms with Crippen LogP contribution in [0.5, 0.6) is 0 Å². The maximum atomic E-state index is 13.6. The van der Waals surface area contributed by atoms with Gasteiger partial charge in [-0.1, -0.05) is 12.8 Å². The number of aliphatic hydroxyl groups excluding tert-OH is 21. The van der Waals surface area contributed by atoms with E-state index in [1.807, 2.05) is 20.8 Å². The second-order valence-corrected chi connectivity index (χ2v) is 33.2. The number of carbonyl (C=O) groups excluding carboxylic acids is 9. The summed E-state index contributed by atoms with van der Waals surface area (Å²) in [5.74, 6) is -1.50. The molecule has 0 aliphatic carbocycles. The Hall–Kier alpha value is -5.69. The van der Waals surface area contributed by atoms with Gasteiger partial charge in [-0.3, -0.25) is 43.2 Å². The van der Waals surface area contributed by atoms with E-state index in [9.17, 15) is 140 Å². The highest BCUT2D eigenvalue weighted by Crippen LogP contribution is 2.33. The summed E-state index contributed by atoms with van der Waals surface area (Å²) in [5.41, 5.74) is 0. The topological polar surface area (TPSA) is 773 Å². The molecule has 0 aromatic heterocycles. The first kappa shape index (κ1) is 120. The largest absolute Gasteiger partial charge is 0.394 e. The van der Waals surface area contributed by atoms with E-state index in [-0.39, 0.29) is 113 Å². The molecule has 49 nitrogen and oxygen atoms in total. The van der Waals surface area contributed by atoms with Crippen molar-refractivity contribution in [3.63, 3.8) is 0 Å². The molecule has 133 heavy (non-hydrogen) atoms. The predicted octanol–water partition coefficient (Wildman–Crippen LogP) is -9.97. The van der Waals surface area contributed by atoms with Crippen molar-refractivity contribution in [3.8, 4) is 0 Å². The van der Waals surface area contributed by atoms with E-state index >= 15 is 0 Å². The van der Waals surface area contributed by atoms with E-state index in [0.717, 1.165) is 0 Å². The molecule has 774 valence electrons. The summed E-state index contributed by atoms with van der Waals surface area (Å²) in [6.07, 6.45) is -34.7. The van der Waals surface area contributed by atoms with Crippen LogP contribution in [-0.4, -0.2) is 449 Å². The number of rotatable bonds is 59. The van der Waals surface area contributed by atoms with E-state index < -0.39 is 235 Å². The summed E-state index contributed by atoms with van der Waals surface area (Å²) < 4.78 is 65.5. The van der Waals surface area contributed by atoms with Crippen LogP contribution >= 0.6 is 0 Å². The molecule has 0 aromatic carbocycles. The number of nitrogens with one attached hydrogen (secondary N) is 7. The summed E-state index contributed by atoms with van der Waals surface area (Å²) in [4.78, 5) is 110. The van der Waals surface area contributed by atoms with Crippen LogP contribution in [0.4, 0.5) is 0 Å². The van der Waals surface area contributed by atoms with Gasteiger partial charge in [0.2, 0.25) is 41.4 Å². The van der Waals surface area contributed by atoms with E-state index in [4.69, 9.17) is 67.1 Å². The van der Waals surface area contributed by atoms with Gasteiger partial charge < -0.3 is 201 Å². The molecule has 0 unspecified atom stereocenters. The van der Waals surface area contributed by atoms with Crippen LogP contribution in [0.2, 0.25) is 0 Å². The van der Waals surface area contributed by atoms with Crippen LogP contribution in [0.3, 0.4) is 0 Å². The molecule has 6 aliphatic rings. The number of ether oxygens (including phenoxy) is 12. The molecule has 28 N–H and O–H groups in total. The van der Waals surface area contributed by atoms with Crippen molar-refractivity contribution < 1.29 is 207 Å². The molecule has 0 radical (unpaired) electrons. The van der Waals surface area contributed by atoms with Gasteiger partial charge in [0.1, 0.15) is 158 Å². The molecule has 6 rings (SSSR count). The lowest BCUT2D eigenvalue weighted by molar-refractivity contribution is -0.366. The van der Waals surface area contributed by atoms with Gasteiger partial charge in [-0.25, -0.2) is 0 Å². The lowest BCUT2D eigenvalue weighted by Crippen LogP contribution is -2.65. The van der Waals surface area contributed by atoms with Crippen LogP contribution in [0.25, 0.3) is 0 Å². The first-order valence-corrected chi connectivity index (χ1v) is 46.0. The zero-order valence-corrected chi connectivity index (χ0v) is 76.1. The number of ketones is 2. The third-order valence-electron chi connectivity index (χ3n) is 22.6. The Morgan fingerprint density at radius 2 is 0.586 bits per heavy atom. The van der Waals surface area contributed by atoms with Crippen LogP contribution in [0, 0.1) is 0 Å². The van der Waals surface area contributed by atoms with E-state index in [1.165, 1.54) is 6.92 Å². The predicted molar refractivity (Wildman–Crippen MR) is 455 cm³/mol. The van der Waals surface area contributed by atoms with E-state index in [1.54, 1.807) is 0 Å². The van der Waals surface area contributed by atoms with E-state index in [2.05, 4.69) is 37.2 Å². The molecular formula is C84H151N7O42. The Kier molecular flexibility index (Phi) is 59.4. The summed E-state index contributed by atoms with van der Waals surface area (Å²) >= 11 is 0. The Morgan fingerprint density at radius 3 is 0.992 bits per heavy atom. The Balaban J connectivity index is 0.000000572. The van der Waals surface area contributed by atoms with Crippen LogP contribution in [0.1, 0.15) is 188 Å². The van der Waals surface area contributed by atoms with Crippen molar-refractivity contribution in [1.29, 1.82) is 0 Å². The van der Waals surface area contributed by atoms with Crippen molar-refractivity contribution >= 4 is 52.9 Å². The second kappa shape index (κ2) is 66.0. The quantitative estimate of drug-likeness (QED) is 0.0251. The van der Waals surface area contributed by atoms with Gasteiger partial charge in [-0.05, 0) is 111 Å². The number of Topliss-reactive ketones (excluding diaryl/α,β-unsaturated/α-hetero) is 2. The molecular weight excluding hydrogens is 1780 g/mol. The number of carbonyl (C=O) groups is 9. The van der Waals surface area contributed by atoms with Crippen molar-refractivity contribution in [1.82, 2.24) is 37.2 Å². The molecule has 0 aromatic rings. The lowest BCUT2D eigenvalue weighted by atomic mass is 9.96. The van der Waals surface area contributed by atoms with Crippen molar-refractivity contribution in [2.24, 2.45) is 0 Å². The third-order valence-corrected chi connectivity index (χ3v) is 22.6. The molecule has 0 spiro atoms. The van der Waals surface area contributed by atoms with Crippen molar-refractivity contribution in [3.05, 3.63) is 0 Å². The van der Waals surface area contributed by atoms with Gasteiger partial charge in [-0.2, -0.15) is 0 Å². The third kappa shape index (κ3) is 42.5. The zero-order valence-electron chi connectivity index (χ0n) is 76.1. The summed E-state index contributed by atoms with van der Waals surface area (Å²) in [5, 5.41) is 230. The van der Waals surface area contributed by atoms with Gasteiger partial charge in [-0.15, -0.1) is 0 Å². The van der Waals surface area contributed by atoms with Crippen LogP contribution in [-0.2, 0) is 100.0 Å². The smallest absolute Gasteiger partial charge is 0.242 e. The number of hydrogen-bond acceptors (Lipinski definition) is 42. The molecule has 49 heteroatoms. The van der Waals surface area contributed by atoms with Crippen molar-refractivity contribution in [2.45, 2.75) is 378 Å². The normalized spacial score (nSPS) is 32.3. The summed E-state index contributed by atoms with van der Waals surface area (Å²) in [6, 6.07) is -1.05. The van der Waals surface area contributed by atoms with Gasteiger partial charge >= 0.3 is 0 Å². The number of hydrogen-bond donors (Lipinski definition) is 28. The van der Waals surface area contributed by atoms with Crippen LogP contribution in [0.15, 0.2) is 0 Å². The van der Waals surface area contributed by atoms with Crippen molar-refractivity contribution in [2.75, 3.05) is 98.7 Å². The fraction of sp³-hybridized carbons (Fsp3) is 0.893. The highest BCUT2D eigenvalue weighted by atomic mass is 16.8. The molecule has 6 aliphatic heterocycles. The maximum absolute atomic E-state index is 13.6. The van der Waals surface area contributed by atoms with Gasteiger partial charge in [0.05, 0.1) is 65.6 Å². The number of amides is 7. The maximum Gasteiger partial charge on any atom is 0.242 e. The monoisotopic (exact) mass is 1930 g/mol. The first-order valence-electron chi connectivity index (χ1n) is 46.0. The highest BCUT2D eigenvalue weighted by Gasteiger charge is 2.53. The second-order valence-electron chi connectivity index (χ2n) is 33.2. The molecule has 6 heterocycles. The average Bonchev–Trinajstić information content (AvgIpc) is 0.777. The molecule has 7 amide bonds. The van der Waals surface area contributed by atoms with Gasteiger partial charge in [0.25, 0.3) is 0 Å². The number of unbranched alkanes of at least 4 members (excludes halogenated alkanes) is 7. The summed E-state index contributed by atoms with van der Waals surface area (Å²) in [6.45, 7) is 5.38. The zero-order chi connectivity index (χ0) is 98.8. The van der Waals surface area contributed by atoms with E-state index in [0.29, 0.717) is 154 Å². The fourth-order valence-corrected chi connectivity index (χ4v) is 14.6. The Bertz CT molecular complexity index is 3200. The number of aliphatic hydroxyl groups is 21. The minimum Gasteiger partial charge on any atom is -0.394 e. The molecule has 6 saturated heterocycles. The standard InChI is InChI=1S/C50H89N5O26.2C17H31NO8/c1-3-51-30(58)13-6-4-5-7-16-33(61)55-26(12-10-11-17-52-31(59)14-8-9-15-32(60)53-18-20-74-47-41(69)38(66)34(62)25(2)77-47)46(73)54-19-21-75-49-44(72)45(81-50-43(71)40(68)36(64)28(23-57)79-50)37(65)29(80-49)24-76-48-42(70)39(67)35(63)27(22-56)78-48;2*1-2-18-13(21)8-4-3-6-11(20)7-5-9-25-17-16(24)15(23)14(22)12(10-19)26-17/h25-29,34-45,47-50,56-57,62-72H,3-24H2,1-2H3,(H,51,58)(H,52,59)(H,53,60)(H,54,73)(H,55,61);2*12,14-17,19,22-24H,2-10H2,1H3,(H,18,21)/t25-,26-,27+,28+,29+,34+,35+,36+,37+,38+,39-,40-,41-,42-,43-,44-,45-,47+,48-,49-,50+;2*12-,14-,15+,16+,17+/m011/s1. The molecule has 31 atom stereocenters. The SMILES string of the molecule is CCNC(=O)CCCCC(=O)CCCO[C@H]1O[C@H](CO)[C@@H](O)[C@H](O)[C@@H]1O.CCNC(=O)CCCCC(=O)CCCO[C@H]1O[C@H](CO)[C@@H](O)[C@H](O)[C@@H]1O.CCNC(=O)CCCCCCC(=O)N[C@@H](CCCCNC(=O)CCCCC(=O)NCCO[C@@H]1O[C@@H](C)[C@@H](O)[C@@H](O)[C@@H]1O)C(=O)NCCO[C@H]1O[C@H](CO[C@H]2O[C@H](CO)[C@@H](O)[C@H](O)[C@@H]2O)[C@@H](O)[C@H](O[C@H]2O[C@H](CO)[C@@H](O)[C@H](O)[C@@H]2O)[C@@H]1O. The van der Waals surface area contributed by atoms with Gasteiger partial charge in [0.15, 0.2) is 37.7 Å². The fourth-order valence-electron chi connectivity index (χ4n) is 14.6. The molecule has 0 saturated carbocycles. The Morgan fingerprint density at radius 1 is 0.278 bits per heavy atom. The summed E-state index contributed by atoms with van der Waals surface area (Å²) in [7, 11) is 0.